The Morgan fingerprint density at radius 2 is 1.68 bits per heavy atom. The summed E-state index contributed by atoms with van der Waals surface area (Å²) in [4.78, 5) is 0. The number of ether oxygens (including phenoxy) is 2. The molecule has 0 bridgehead atoms. The first-order valence-electron chi connectivity index (χ1n) is 7.75. The molecule has 1 N–H and O–H groups in total. The summed E-state index contributed by atoms with van der Waals surface area (Å²) in [6.07, 6.45) is 4.97. The Labute approximate surface area is 119 Å². The monoisotopic (exact) mass is 271 g/mol. The van der Waals surface area contributed by atoms with Crippen LogP contribution in [0.15, 0.2) is 0 Å². The summed E-state index contributed by atoms with van der Waals surface area (Å²) >= 11 is 0. The third-order valence-corrected chi connectivity index (χ3v) is 4.54. The minimum Gasteiger partial charge on any atom is -0.377 e. The van der Waals surface area contributed by atoms with Gasteiger partial charge in [0.05, 0.1) is 24.4 Å². The van der Waals surface area contributed by atoms with Crippen molar-refractivity contribution in [2.75, 3.05) is 20.3 Å². The molecule has 1 atom stereocenters. The predicted molar refractivity (Wildman–Crippen MR) is 80.5 cm³/mol. The molecule has 1 saturated carbocycles. The zero-order chi connectivity index (χ0) is 14.5. The van der Waals surface area contributed by atoms with E-state index in [1.165, 1.54) is 12.8 Å². The number of methoxy groups -OCH3 is 1. The molecular formula is C16H33NO2. The molecule has 0 saturated heterocycles. The SMILES string of the molecule is CCNC(COC(C)C)C1(OC)CCC(C)(C)CC1. The van der Waals surface area contributed by atoms with Gasteiger partial charge in [-0.1, -0.05) is 20.8 Å². The molecule has 0 radical (unpaired) electrons. The van der Waals surface area contributed by atoms with E-state index in [-0.39, 0.29) is 11.7 Å². The average molecular weight is 271 g/mol. The quantitative estimate of drug-likeness (QED) is 0.770. The zero-order valence-electron chi connectivity index (χ0n) is 13.7. The second-order valence-corrected chi connectivity index (χ2v) is 6.93. The van der Waals surface area contributed by atoms with Crippen LogP contribution in [0.25, 0.3) is 0 Å². The van der Waals surface area contributed by atoms with Crippen LogP contribution in [0.2, 0.25) is 0 Å². The minimum atomic E-state index is -0.0551. The lowest BCUT2D eigenvalue weighted by Crippen LogP contribution is -2.57. The van der Waals surface area contributed by atoms with Crippen molar-refractivity contribution in [1.82, 2.24) is 5.32 Å². The number of nitrogens with one attached hydrogen (secondary N) is 1. The van der Waals surface area contributed by atoms with Crippen LogP contribution < -0.4 is 5.32 Å². The fraction of sp³-hybridized carbons (Fsp3) is 1.00. The molecule has 1 unspecified atom stereocenters. The fourth-order valence-corrected chi connectivity index (χ4v) is 2.98. The first-order chi connectivity index (χ1) is 8.85. The van der Waals surface area contributed by atoms with Crippen molar-refractivity contribution in [2.45, 2.75) is 78.0 Å². The fourth-order valence-electron chi connectivity index (χ4n) is 2.98. The predicted octanol–water partition coefficient (Wildman–Crippen LogP) is 3.37. The molecule has 0 aromatic heterocycles. The number of hydrogen-bond donors (Lipinski definition) is 1. The molecule has 0 aromatic rings. The Morgan fingerprint density at radius 1 is 1.11 bits per heavy atom. The van der Waals surface area contributed by atoms with E-state index >= 15 is 0 Å². The number of rotatable bonds is 7. The summed E-state index contributed by atoms with van der Waals surface area (Å²) in [5.41, 5.74) is 0.401. The van der Waals surface area contributed by atoms with Gasteiger partial charge in [-0.3, -0.25) is 0 Å². The summed E-state index contributed by atoms with van der Waals surface area (Å²) in [5.74, 6) is 0. The number of hydrogen-bond acceptors (Lipinski definition) is 3. The standard InChI is InChI=1S/C16H33NO2/c1-7-17-14(12-19-13(2)3)16(18-6)10-8-15(4,5)9-11-16/h13-14,17H,7-12H2,1-6H3. The maximum absolute atomic E-state index is 5.98. The van der Waals surface area contributed by atoms with Gasteiger partial charge in [-0.2, -0.15) is 0 Å². The highest BCUT2D eigenvalue weighted by Crippen LogP contribution is 2.43. The molecule has 0 aliphatic heterocycles. The number of likely N-dealkylation sites (N-methyl/N-ethyl adjacent to an activating group) is 1. The molecule has 0 aromatic carbocycles. The summed E-state index contributed by atoms with van der Waals surface area (Å²) in [5, 5.41) is 3.58. The highest BCUT2D eigenvalue weighted by Gasteiger charge is 2.44. The molecule has 1 rings (SSSR count). The van der Waals surface area contributed by atoms with Gasteiger partial charge in [0.2, 0.25) is 0 Å². The largest absolute Gasteiger partial charge is 0.377 e. The van der Waals surface area contributed by atoms with Crippen molar-refractivity contribution in [3.05, 3.63) is 0 Å². The highest BCUT2D eigenvalue weighted by atomic mass is 16.5. The molecule has 1 fully saturated rings. The van der Waals surface area contributed by atoms with Gasteiger partial charge in [-0.15, -0.1) is 0 Å². The molecule has 19 heavy (non-hydrogen) atoms. The van der Waals surface area contributed by atoms with E-state index in [1.807, 2.05) is 7.11 Å². The lowest BCUT2D eigenvalue weighted by atomic mass is 9.68. The third-order valence-electron chi connectivity index (χ3n) is 4.54. The van der Waals surface area contributed by atoms with E-state index in [1.54, 1.807) is 0 Å². The highest BCUT2D eigenvalue weighted by molar-refractivity contribution is 4.98. The molecule has 1 aliphatic carbocycles. The van der Waals surface area contributed by atoms with E-state index in [2.05, 4.69) is 39.9 Å². The summed E-state index contributed by atoms with van der Waals surface area (Å²) in [6, 6.07) is 0.293. The molecule has 0 heterocycles. The van der Waals surface area contributed by atoms with Gasteiger partial charge in [0.15, 0.2) is 0 Å². The average Bonchev–Trinajstić information content (AvgIpc) is 2.35. The van der Waals surface area contributed by atoms with Crippen molar-refractivity contribution in [3.63, 3.8) is 0 Å². The molecule has 0 amide bonds. The summed E-state index contributed by atoms with van der Waals surface area (Å²) in [7, 11) is 1.86. The molecule has 114 valence electrons. The van der Waals surface area contributed by atoms with Gasteiger partial charge < -0.3 is 14.8 Å². The van der Waals surface area contributed by atoms with E-state index in [4.69, 9.17) is 9.47 Å². The lowest BCUT2D eigenvalue weighted by molar-refractivity contribution is -0.106. The van der Waals surface area contributed by atoms with E-state index in [0.29, 0.717) is 11.5 Å². The van der Waals surface area contributed by atoms with E-state index < -0.39 is 0 Å². The lowest BCUT2D eigenvalue weighted by Gasteiger charge is -2.47. The summed E-state index contributed by atoms with van der Waals surface area (Å²) < 4.78 is 11.8. The van der Waals surface area contributed by atoms with Crippen LogP contribution in [0.5, 0.6) is 0 Å². The van der Waals surface area contributed by atoms with Gasteiger partial charge in [-0.05, 0) is 51.5 Å². The van der Waals surface area contributed by atoms with Gasteiger partial charge in [-0.25, -0.2) is 0 Å². The molecule has 3 heteroatoms. The molecule has 1 aliphatic rings. The molecule has 3 nitrogen and oxygen atoms in total. The van der Waals surface area contributed by atoms with Crippen LogP contribution in [0, 0.1) is 5.41 Å². The normalized spacial score (nSPS) is 23.5. The second kappa shape index (κ2) is 7.05. The zero-order valence-corrected chi connectivity index (χ0v) is 13.7. The Kier molecular flexibility index (Phi) is 6.28. The Hall–Kier alpha value is -0.120. The first kappa shape index (κ1) is 16.9. The van der Waals surface area contributed by atoms with Crippen LogP contribution in [-0.2, 0) is 9.47 Å². The van der Waals surface area contributed by atoms with Crippen LogP contribution in [-0.4, -0.2) is 38.0 Å². The Morgan fingerprint density at radius 3 is 2.11 bits per heavy atom. The minimum absolute atomic E-state index is 0.0551. The van der Waals surface area contributed by atoms with Crippen molar-refractivity contribution in [3.8, 4) is 0 Å². The van der Waals surface area contributed by atoms with Crippen molar-refractivity contribution in [2.24, 2.45) is 5.41 Å². The van der Waals surface area contributed by atoms with Crippen LogP contribution in [0.1, 0.15) is 60.3 Å². The van der Waals surface area contributed by atoms with Crippen LogP contribution in [0.4, 0.5) is 0 Å². The van der Waals surface area contributed by atoms with Crippen molar-refractivity contribution < 1.29 is 9.47 Å². The van der Waals surface area contributed by atoms with Crippen molar-refractivity contribution in [1.29, 1.82) is 0 Å². The molecular weight excluding hydrogens is 238 g/mol. The maximum Gasteiger partial charge on any atom is 0.0853 e. The topological polar surface area (TPSA) is 30.5 Å². The van der Waals surface area contributed by atoms with E-state index in [0.717, 1.165) is 26.0 Å². The van der Waals surface area contributed by atoms with Gasteiger partial charge in [0.1, 0.15) is 0 Å². The van der Waals surface area contributed by atoms with E-state index in [9.17, 15) is 0 Å². The maximum atomic E-state index is 5.98. The Balaban J connectivity index is 2.72. The Bertz CT molecular complexity index is 253. The van der Waals surface area contributed by atoms with Crippen LogP contribution in [0.3, 0.4) is 0 Å². The first-order valence-corrected chi connectivity index (χ1v) is 7.75. The molecule has 0 spiro atoms. The summed E-state index contributed by atoms with van der Waals surface area (Å²) in [6.45, 7) is 12.7. The van der Waals surface area contributed by atoms with Gasteiger partial charge in [0, 0.05) is 7.11 Å². The van der Waals surface area contributed by atoms with Crippen LogP contribution >= 0.6 is 0 Å². The third kappa shape index (κ3) is 4.73. The van der Waals surface area contributed by atoms with Gasteiger partial charge in [0.25, 0.3) is 0 Å². The van der Waals surface area contributed by atoms with Gasteiger partial charge >= 0.3 is 0 Å². The smallest absolute Gasteiger partial charge is 0.0853 e. The second-order valence-electron chi connectivity index (χ2n) is 6.93. The van der Waals surface area contributed by atoms with Crippen molar-refractivity contribution >= 4 is 0 Å².